The van der Waals surface area contributed by atoms with E-state index in [-0.39, 0.29) is 18.4 Å². The molecule has 0 aromatic carbocycles. The molecule has 1 saturated carbocycles. The van der Waals surface area contributed by atoms with Crippen molar-refractivity contribution in [2.75, 3.05) is 7.05 Å². The zero-order valence-corrected chi connectivity index (χ0v) is 9.52. The molecule has 1 aliphatic rings. The summed E-state index contributed by atoms with van der Waals surface area (Å²) in [4.78, 5) is 24.7. The van der Waals surface area contributed by atoms with Crippen LogP contribution < -0.4 is 10.3 Å². The summed E-state index contributed by atoms with van der Waals surface area (Å²) in [6.45, 7) is 0.289. The first-order valence-electron chi connectivity index (χ1n) is 5.41. The second-order valence-corrected chi connectivity index (χ2v) is 4.31. The monoisotopic (exact) mass is 226 g/mol. The van der Waals surface area contributed by atoms with E-state index in [1.54, 1.807) is 19.0 Å². The Hall–Kier alpha value is -1.59. The number of rotatable bonds is 3. The van der Waals surface area contributed by atoms with Gasteiger partial charge < -0.3 is 4.90 Å². The van der Waals surface area contributed by atoms with Gasteiger partial charge in [-0.15, -0.1) is 0 Å². The first-order chi connectivity index (χ1) is 7.59. The lowest BCUT2D eigenvalue weighted by Crippen LogP contribution is -2.43. The van der Waals surface area contributed by atoms with Crippen molar-refractivity contribution in [1.82, 2.24) is 10.2 Å². The van der Waals surface area contributed by atoms with E-state index in [0.29, 0.717) is 5.69 Å². The predicted molar refractivity (Wildman–Crippen MR) is 54.3 cm³/mol. The highest BCUT2D eigenvalue weighted by molar-refractivity contribution is 5.79. The van der Waals surface area contributed by atoms with Crippen LogP contribution in [0.2, 0.25) is 0 Å². The zero-order valence-electron chi connectivity index (χ0n) is 9.52. The van der Waals surface area contributed by atoms with Gasteiger partial charge in [-0.1, -0.05) is 11.1 Å². The number of carbonyl (C=O) groups excluding carboxylic acids is 1. The highest BCUT2D eigenvalue weighted by Gasteiger charge is 2.30. The second kappa shape index (κ2) is 4.11. The molecule has 1 fully saturated rings. The Kier molecular flexibility index (Phi) is 2.80. The average molecular weight is 226 g/mol. The summed E-state index contributed by atoms with van der Waals surface area (Å²) < 4.78 is 6.11. The van der Waals surface area contributed by atoms with Crippen LogP contribution in [0.1, 0.15) is 25.0 Å². The SMILES string of the molecule is CN(Cc1c(=O)o[nH][n+]1C)C(=O)C1CCC1. The van der Waals surface area contributed by atoms with Gasteiger partial charge in [0.25, 0.3) is 0 Å². The lowest BCUT2D eigenvalue weighted by atomic mass is 9.84. The Morgan fingerprint density at radius 1 is 1.62 bits per heavy atom. The number of aryl methyl sites for hydroxylation is 1. The van der Waals surface area contributed by atoms with Crippen LogP contribution in [0.15, 0.2) is 9.32 Å². The van der Waals surface area contributed by atoms with Gasteiger partial charge in [0.05, 0.1) is 0 Å². The first kappa shape index (κ1) is 10.9. The normalized spacial score (nSPS) is 15.9. The van der Waals surface area contributed by atoms with Gasteiger partial charge in [0.2, 0.25) is 5.91 Å². The number of amides is 1. The highest BCUT2D eigenvalue weighted by Crippen LogP contribution is 2.27. The summed E-state index contributed by atoms with van der Waals surface area (Å²) in [5.41, 5.74) is 0.0333. The molecule has 88 valence electrons. The minimum absolute atomic E-state index is 0.117. The van der Waals surface area contributed by atoms with Crippen molar-refractivity contribution < 1.29 is 14.0 Å². The summed E-state index contributed by atoms with van der Waals surface area (Å²) in [6, 6.07) is 0. The standard InChI is InChI=1S/C10H15N3O3/c1-12(9(14)7-4-3-5-7)6-8-10(15)16-11-13(8)2/h7H,3-6H2,1-2H3/p+1. The summed E-state index contributed by atoms with van der Waals surface area (Å²) >= 11 is 0. The Morgan fingerprint density at radius 3 is 2.75 bits per heavy atom. The van der Waals surface area contributed by atoms with Crippen molar-refractivity contribution in [1.29, 1.82) is 0 Å². The molecule has 0 unspecified atom stereocenters. The fourth-order valence-electron chi connectivity index (χ4n) is 1.80. The lowest BCUT2D eigenvalue weighted by Gasteiger charge is -2.28. The number of nitrogens with zero attached hydrogens (tertiary/aromatic N) is 2. The number of aromatic amines is 1. The molecule has 0 spiro atoms. The molecular weight excluding hydrogens is 210 g/mol. The van der Waals surface area contributed by atoms with E-state index >= 15 is 0 Å². The molecule has 0 aliphatic heterocycles. The molecule has 0 atom stereocenters. The third-order valence-electron chi connectivity index (χ3n) is 3.13. The molecule has 0 saturated heterocycles. The topological polar surface area (TPSA) is 70.2 Å². The smallest absolute Gasteiger partial charge is 0.335 e. The van der Waals surface area contributed by atoms with Gasteiger partial charge in [-0.25, -0.2) is 4.79 Å². The summed E-state index contributed by atoms with van der Waals surface area (Å²) in [5.74, 6) is 0.271. The number of carbonyl (C=O) groups is 1. The molecule has 6 heteroatoms. The van der Waals surface area contributed by atoms with Gasteiger partial charge in [0, 0.05) is 13.0 Å². The molecule has 6 nitrogen and oxygen atoms in total. The Morgan fingerprint density at radius 2 is 2.31 bits per heavy atom. The molecule has 1 aromatic rings. The highest BCUT2D eigenvalue weighted by atomic mass is 16.5. The van der Waals surface area contributed by atoms with Crippen molar-refractivity contribution in [2.24, 2.45) is 13.0 Å². The second-order valence-electron chi connectivity index (χ2n) is 4.31. The van der Waals surface area contributed by atoms with E-state index in [1.165, 1.54) is 4.68 Å². The van der Waals surface area contributed by atoms with Gasteiger partial charge in [0.1, 0.15) is 6.54 Å². The van der Waals surface area contributed by atoms with Crippen LogP contribution in [-0.4, -0.2) is 23.1 Å². The van der Waals surface area contributed by atoms with E-state index in [1.807, 2.05) is 0 Å². The zero-order chi connectivity index (χ0) is 11.7. The number of aromatic nitrogens is 2. The number of hydrogen-bond donors (Lipinski definition) is 1. The Balaban J connectivity index is 2.04. The van der Waals surface area contributed by atoms with Gasteiger partial charge in [-0.2, -0.15) is 0 Å². The van der Waals surface area contributed by atoms with Crippen LogP contribution in [0.5, 0.6) is 0 Å². The summed E-state index contributed by atoms with van der Waals surface area (Å²) in [7, 11) is 3.40. The fraction of sp³-hybridized carbons (Fsp3) is 0.700. The molecule has 0 radical (unpaired) electrons. The van der Waals surface area contributed by atoms with Crippen molar-refractivity contribution in [2.45, 2.75) is 25.8 Å². The van der Waals surface area contributed by atoms with Gasteiger partial charge in [-0.3, -0.25) is 9.32 Å². The predicted octanol–water partition coefficient (Wildman–Crippen LogP) is -0.449. The molecule has 1 amide bonds. The van der Waals surface area contributed by atoms with Gasteiger partial charge in [-0.05, 0) is 18.1 Å². The van der Waals surface area contributed by atoms with E-state index in [2.05, 4.69) is 9.79 Å². The molecule has 0 bridgehead atoms. The maximum absolute atomic E-state index is 11.8. The molecule has 16 heavy (non-hydrogen) atoms. The summed E-state index contributed by atoms with van der Waals surface area (Å²) in [5, 5.41) is 2.43. The number of hydrogen-bond acceptors (Lipinski definition) is 3. The minimum Gasteiger partial charge on any atom is -0.335 e. The summed E-state index contributed by atoms with van der Waals surface area (Å²) in [6.07, 6.45) is 3.07. The maximum atomic E-state index is 11.8. The van der Waals surface area contributed by atoms with Crippen molar-refractivity contribution in [3.8, 4) is 0 Å². The van der Waals surface area contributed by atoms with Crippen LogP contribution >= 0.6 is 0 Å². The third-order valence-corrected chi connectivity index (χ3v) is 3.13. The van der Waals surface area contributed by atoms with E-state index in [0.717, 1.165) is 19.3 Å². The maximum Gasteiger partial charge on any atom is 0.431 e. The van der Waals surface area contributed by atoms with Crippen molar-refractivity contribution in [3.63, 3.8) is 0 Å². The van der Waals surface area contributed by atoms with E-state index in [4.69, 9.17) is 0 Å². The van der Waals surface area contributed by atoms with Crippen molar-refractivity contribution in [3.05, 3.63) is 16.1 Å². The molecule has 1 N–H and O–H groups in total. The molecule has 1 heterocycles. The number of nitrogens with one attached hydrogen (secondary N) is 1. The Bertz CT molecular complexity index is 444. The van der Waals surface area contributed by atoms with E-state index < -0.39 is 5.63 Å². The van der Waals surface area contributed by atoms with Crippen LogP contribution in [0.4, 0.5) is 0 Å². The molecule has 1 aromatic heterocycles. The van der Waals surface area contributed by atoms with Crippen LogP contribution in [0.3, 0.4) is 0 Å². The average Bonchev–Trinajstić information content (AvgIpc) is 2.46. The largest absolute Gasteiger partial charge is 0.431 e. The van der Waals surface area contributed by atoms with Crippen LogP contribution in [0.25, 0.3) is 0 Å². The minimum atomic E-state index is -0.421. The van der Waals surface area contributed by atoms with Crippen molar-refractivity contribution >= 4 is 5.91 Å². The molecule has 1 aliphatic carbocycles. The quantitative estimate of drug-likeness (QED) is 0.710. The van der Waals surface area contributed by atoms with Gasteiger partial charge >= 0.3 is 11.3 Å². The van der Waals surface area contributed by atoms with Crippen LogP contribution in [-0.2, 0) is 18.4 Å². The molecular formula is C10H16N3O3+. The fourth-order valence-corrected chi connectivity index (χ4v) is 1.80. The number of H-pyrrole nitrogens is 1. The lowest BCUT2D eigenvalue weighted by molar-refractivity contribution is -0.746. The van der Waals surface area contributed by atoms with Crippen LogP contribution in [0, 0.1) is 5.92 Å². The van der Waals surface area contributed by atoms with Gasteiger partial charge in [0.15, 0.2) is 7.05 Å². The third kappa shape index (κ3) is 1.87. The van der Waals surface area contributed by atoms with E-state index in [9.17, 15) is 9.59 Å². The Labute approximate surface area is 92.8 Å². The molecule has 2 rings (SSSR count). The first-order valence-corrected chi connectivity index (χ1v) is 5.41.